The predicted octanol–water partition coefficient (Wildman–Crippen LogP) is 5.32. The van der Waals surface area contributed by atoms with Crippen molar-refractivity contribution < 1.29 is 47.4 Å². The second-order valence-electron chi connectivity index (χ2n) is 11.2. The highest BCUT2D eigenvalue weighted by atomic mass is 16.7. The molecule has 1 fully saturated rings. The molecule has 0 unspecified atom stereocenters. The zero-order valence-corrected chi connectivity index (χ0v) is 26.3. The summed E-state index contributed by atoms with van der Waals surface area (Å²) in [6.07, 6.45) is -0.748. The highest BCUT2D eigenvalue weighted by molar-refractivity contribution is 6.62. The van der Waals surface area contributed by atoms with E-state index in [4.69, 9.17) is 33.0 Å². The van der Waals surface area contributed by atoms with Crippen molar-refractivity contribution >= 4 is 42.4 Å². The molecule has 1 heterocycles. The molecule has 0 atom stereocenters. The lowest BCUT2D eigenvalue weighted by molar-refractivity contribution is 0.00578. The number of hydrogen-bond acceptors (Lipinski definition) is 10. The van der Waals surface area contributed by atoms with E-state index in [0.717, 1.165) is 5.46 Å². The van der Waals surface area contributed by atoms with E-state index in [1.807, 2.05) is 39.8 Å². The summed E-state index contributed by atoms with van der Waals surface area (Å²) in [5.74, 6) is 1.24. The van der Waals surface area contributed by atoms with Crippen molar-refractivity contribution in [1.29, 1.82) is 0 Å². The normalized spacial score (nSPS) is 14.7. The second kappa shape index (κ2) is 13.9. The van der Waals surface area contributed by atoms with Gasteiger partial charge in [0.1, 0.15) is 30.5 Å². The van der Waals surface area contributed by atoms with E-state index in [9.17, 15) is 14.4 Å². The first-order valence-corrected chi connectivity index (χ1v) is 14.1. The van der Waals surface area contributed by atoms with Crippen LogP contribution >= 0.6 is 0 Å². The molecule has 3 aromatic rings. The summed E-state index contributed by atoms with van der Waals surface area (Å²) in [4.78, 5) is 36.0. The Morgan fingerprint density at radius 2 is 1.18 bits per heavy atom. The molecule has 2 N–H and O–H groups in total. The molecule has 12 nitrogen and oxygen atoms in total. The smallest absolute Gasteiger partial charge is 0.494 e. The van der Waals surface area contributed by atoms with E-state index in [1.54, 1.807) is 30.3 Å². The van der Waals surface area contributed by atoms with Gasteiger partial charge in [0, 0.05) is 34.6 Å². The molecular formula is C32H37BN2O10. The minimum absolute atomic E-state index is 0.0411. The molecule has 238 valence electrons. The van der Waals surface area contributed by atoms with E-state index < -0.39 is 30.5 Å². The SMILES string of the molecule is COc1cc(NC(=O)OCc2ccc(NC(=O)OCc3ccc(B4OC(C)(C)C(C)(C)O4)cc3OC)cc2OC)ccc1C=O. The Kier molecular flexibility index (Phi) is 10.3. The quantitative estimate of drug-likeness (QED) is 0.214. The third kappa shape index (κ3) is 7.86. The average molecular weight is 620 g/mol. The molecule has 13 heteroatoms. The van der Waals surface area contributed by atoms with Crippen molar-refractivity contribution in [2.75, 3.05) is 32.0 Å². The fourth-order valence-corrected chi connectivity index (χ4v) is 4.43. The summed E-state index contributed by atoms with van der Waals surface area (Å²) in [5.41, 5.74) is 2.22. The molecule has 45 heavy (non-hydrogen) atoms. The van der Waals surface area contributed by atoms with Gasteiger partial charge in [-0.25, -0.2) is 9.59 Å². The van der Waals surface area contributed by atoms with Crippen molar-refractivity contribution in [1.82, 2.24) is 0 Å². The summed E-state index contributed by atoms with van der Waals surface area (Å²) in [5, 5.41) is 5.24. The molecule has 0 aliphatic carbocycles. The number of amides is 2. The number of rotatable bonds is 11. The lowest BCUT2D eigenvalue weighted by Crippen LogP contribution is -2.41. The van der Waals surface area contributed by atoms with Crippen LogP contribution in [0.15, 0.2) is 54.6 Å². The standard InChI is InChI=1S/C32H37BN2O10/c1-31(2)32(3,4)45-33(44-31)23-11-8-21(26(14-23)39-5)18-42-30(38)35-25-13-10-22(28(16-25)41-7)19-43-29(37)34-24-12-9-20(17-36)27(15-24)40-6/h8-17H,18-19H2,1-7H3,(H,34,37)(H,35,38). The van der Waals surface area contributed by atoms with Gasteiger partial charge in [-0.1, -0.05) is 12.1 Å². The van der Waals surface area contributed by atoms with Crippen LogP contribution in [0, 0.1) is 0 Å². The fraction of sp³-hybridized carbons (Fsp3) is 0.344. The van der Waals surface area contributed by atoms with Crippen LogP contribution in [-0.2, 0) is 32.0 Å². The Morgan fingerprint density at radius 1 is 0.711 bits per heavy atom. The average Bonchev–Trinajstić information content (AvgIpc) is 3.24. The number of hydrogen-bond donors (Lipinski definition) is 2. The number of anilines is 2. The first-order chi connectivity index (χ1) is 21.4. The Hall–Kier alpha value is -4.75. The van der Waals surface area contributed by atoms with Crippen molar-refractivity contribution in [2.24, 2.45) is 0 Å². The predicted molar refractivity (Wildman–Crippen MR) is 168 cm³/mol. The molecule has 0 aromatic heterocycles. The number of ether oxygens (including phenoxy) is 5. The largest absolute Gasteiger partial charge is 0.496 e. The third-order valence-corrected chi connectivity index (χ3v) is 7.69. The minimum atomic E-state index is -0.719. The first kappa shape index (κ1) is 33.2. The van der Waals surface area contributed by atoms with Crippen LogP contribution in [0.25, 0.3) is 0 Å². The van der Waals surface area contributed by atoms with Gasteiger partial charge in [-0.3, -0.25) is 15.4 Å². The molecule has 3 aromatic carbocycles. The molecule has 0 radical (unpaired) electrons. The molecular weight excluding hydrogens is 583 g/mol. The maximum atomic E-state index is 12.6. The molecule has 1 saturated heterocycles. The summed E-state index contributed by atoms with van der Waals surface area (Å²) < 4.78 is 39.1. The Bertz CT molecular complexity index is 1540. The molecule has 0 bridgehead atoms. The van der Waals surface area contributed by atoms with Crippen molar-refractivity contribution in [3.63, 3.8) is 0 Å². The number of methoxy groups -OCH3 is 3. The lowest BCUT2D eigenvalue weighted by atomic mass is 9.78. The topological polar surface area (TPSA) is 140 Å². The van der Waals surface area contributed by atoms with E-state index >= 15 is 0 Å². The first-order valence-electron chi connectivity index (χ1n) is 14.1. The van der Waals surface area contributed by atoms with E-state index in [0.29, 0.717) is 51.6 Å². The lowest BCUT2D eigenvalue weighted by Gasteiger charge is -2.32. The van der Waals surface area contributed by atoms with Gasteiger partial charge in [0.05, 0.1) is 38.1 Å². The van der Waals surface area contributed by atoms with Crippen molar-refractivity contribution in [2.45, 2.75) is 52.1 Å². The number of carbonyl (C=O) groups excluding carboxylic acids is 3. The van der Waals surface area contributed by atoms with Gasteiger partial charge in [-0.05, 0) is 63.5 Å². The summed E-state index contributed by atoms with van der Waals surface area (Å²) in [6.45, 7) is 7.79. The van der Waals surface area contributed by atoms with E-state index in [-0.39, 0.29) is 13.2 Å². The van der Waals surface area contributed by atoms with Gasteiger partial charge in [0.15, 0.2) is 6.29 Å². The van der Waals surface area contributed by atoms with Crippen LogP contribution in [-0.4, -0.2) is 58.1 Å². The highest BCUT2D eigenvalue weighted by Gasteiger charge is 2.51. The van der Waals surface area contributed by atoms with Gasteiger partial charge in [0.25, 0.3) is 0 Å². The van der Waals surface area contributed by atoms with Gasteiger partial charge >= 0.3 is 19.3 Å². The van der Waals surface area contributed by atoms with Crippen LogP contribution in [0.3, 0.4) is 0 Å². The van der Waals surface area contributed by atoms with Gasteiger partial charge in [-0.2, -0.15) is 0 Å². The highest BCUT2D eigenvalue weighted by Crippen LogP contribution is 2.37. The molecule has 1 aliphatic heterocycles. The molecule has 2 amide bonds. The van der Waals surface area contributed by atoms with Gasteiger partial charge < -0.3 is 33.0 Å². The van der Waals surface area contributed by atoms with Crippen LogP contribution < -0.4 is 30.3 Å². The Labute approximate surface area is 262 Å². The maximum Gasteiger partial charge on any atom is 0.494 e. The van der Waals surface area contributed by atoms with E-state index in [2.05, 4.69) is 10.6 Å². The summed E-state index contributed by atoms with van der Waals surface area (Å²) in [6, 6.07) is 14.9. The second-order valence-corrected chi connectivity index (χ2v) is 11.2. The summed E-state index contributed by atoms with van der Waals surface area (Å²) >= 11 is 0. The molecule has 0 saturated carbocycles. The zero-order chi connectivity index (χ0) is 32.8. The van der Waals surface area contributed by atoms with Crippen LogP contribution in [0.4, 0.5) is 21.0 Å². The number of nitrogens with one attached hydrogen (secondary N) is 2. The zero-order valence-electron chi connectivity index (χ0n) is 26.3. The number of carbonyl (C=O) groups is 3. The van der Waals surface area contributed by atoms with Crippen LogP contribution in [0.1, 0.15) is 49.2 Å². The van der Waals surface area contributed by atoms with Crippen molar-refractivity contribution in [3.05, 3.63) is 71.3 Å². The van der Waals surface area contributed by atoms with Gasteiger partial charge in [-0.15, -0.1) is 0 Å². The van der Waals surface area contributed by atoms with Gasteiger partial charge in [0.2, 0.25) is 0 Å². The molecule has 0 spiro atoms. The fourth-order valence-electron chi connectivity index (χ4n) is 4.43. The Morgan fingerprint density at radius 3 is 1.69 bits per heavy atom. The van der Waals surface area contributed by atoms with Crippen molar-refractivity contribution in [3.8, 4) is 17.2 Å². The molecule has 4 rings (SSSR count). The minimum Gasteiger partial charge on any atom is -0.496 e. The monoisotopic (exact) mass is 620 g/mol. The third-order valence-electron chi connectivity index (χ3n) is 7.69. The number of benzene rings is 3. The Balaban J connectivity index is 1.31. The maximum absolute atomic E-state index is 12.6. The van der Waals surface area contributed by atoms with Crippen LogP contribution in [0.2, 0.25) is 0 Å². The van der Waals surface area contributed by atoms with E-state index in [1.165, 1.54) is 33.5 Å². The molecule has 1 aliphatic rings. The summed E-state index contributed by atoms with van der Waals surface area (Å²) in [7, 11) is 3.87. The number of aldehydes is 1. The van der Waals surface area contributed by atoms with Crippen LogP contribution in [0.5, 0.6) is 17.2 Å².